The van der Waals surface area contributed by atoms with Crippen molar-refractivity contribution in [1.82, 2.24) is 0 Å². The number of pyridine rings is 1. The van der Waals surface area contributed by atoms with Crippen LogP contribution in [0.25, 0.3) is 0 Å². The molecule has 0 fully saturated rings. The molecule has 2 rings (SSSR count). The lowest BCUT2D eigenvalue weighted by Gasteiger charge is -2.07. The zero-order chi connectivity index (χ0) is 16.0. The summed E-state index contributed by atoms with van der Waals surface area (Å²) in [5.74, 6) is 0. The molecule has 1 unspecified atom stereocenters. The molecule has 0 aliphatic rings. The fourth-order valence-corrected chi connectivity index (χ4v) is 3.41. The molecule has 6 heteroatoms. The lowest BCUT2D eigenvalue weighted by molar-refractivity contribution is -0.702. The predicted octanol–water partition coefficient (Wildman–Crippen LogP) is 2.77. The van der Waals surface area contributed by atoms with Gasteiger partial charge in [0.1, 0.15) is 0 Å². The molecule has 1 atom stereocenters. The van der Waals surface area contributed by atoms with Gasteiger partial charge in [-0.1, -0.05) is 37.3 Å². The van der Waals surface area contributed by atoms with E-state index in [-0.39, 0.29) is 5.48 Å². The van der Waals surface area contributed by atoms with E-state index < -0.39 is 15.5 Å². The molecule has 1 heterocycles. The first kappa shape index (κ1) is 19.3. The molecule has 0 aliphatic heterocycles. The Bertz CT molecular complexity index is 684. The van der Waals surface area contributed by atoms with Gasteiger partial charge in [0.25, 0.3) is 5.37 Å². The van der Waals surface area contributed by atoms with Crippen molar-refractivity contribution >= 4 is 10.1 Å². The van der Waals surface area contributed by atoms with Gasteiger partial charge in [0.2, 0.25) is 0 Å². The SMILES string of the molecule is CCC([n+]1ccc(CCCc2ccccc2)cc1)S(=O)(=O)O.[OH-]. The molecule has 5 nitrogen and oxygen atoms in total. The van der Waals surface area contributed by atoms with E-state index >= 15 is 0 Å². The van der Waals surface area contributed by atoms with E-state index in [0.29, 0.717) is 6.42 Å². The lowest BCUT2D eigenvalue weighted by Crippen LogP contribution is -2.42. The molecule has 0 saturated carbocycles. The molecule has 0 aliphatic carbocycles. The monoisotopic (exact) mass is 337 g/mol. The maximum Gasteiger partial charge on any atom is 0.329 e. The van der Waals surface area contributed by atoms with Crippen molar-refractivity contribution in [2.45, 2.75) is 38.0 Å². The highest BCUT2D eigenvalue weighted by Gasteiger charge is 2.29. The summed E-state index contributed by atoms with van der Waals surface area (Å²) in [6, 6.07) is 14.2. The van der Waals surface area contributed by atoms with E-state index in [9.17, 15) is 13.0 Å². The molecule has 0 amide bonds. The molecule has 1 aromatic heterocycles. The first-order valence-corrected chi connectivity index (χ1v) is 9.01. The van der Waals surface area contributed by atoms with Crippen LogP contribution in [0.1, 0.15) is 36.3 Å². The van der Waals surface area contributed by atoms with Gasteiger partial charge in [-0.15, -0.1) is 0 Å². The third kappa shape index (κ3) is 5.74. The maximum absolute atomic E-state index is 11.3. The number of hydrogen-bond acceptors (Lipinski definition) is 3. The standard InChI is InChI=1S/C17H21NO3S.H2O/c1-2-17(22(19,20)21)18-13-11-16(12-14-18)10-6-9-15-7-4-3-5-8-15;/h3-5,7-8,11-14,17H,2,6,9-10H2,1H3;1H2. The number of nitrogens with zero attached hydrogens (tertiary/aromatic N) is 1. The van der Waals surface area contributed by atoms with Gasteiger partial charge < -0.3 is 5.48 Å². The molecule has 0 radical (unpaired) electrons. The van der Waals surface area contributed by atoms with Crippen LogP contribution in [0.4, 0.5) is 0 Å². The highest BCUT2D eigenvalue weighted by atomic mass is 32.2. The maximum atomic E-state index is 11.3. The summed E-state index contributed by atoms with van der Waals surface area (Å²) in [4.78, 5) is 0. The topological polar surface area (TPSA) is 88.2 Å². The van der Waals surface area contributed by atoms with Gasteiger partial charge in [0, 0.05) is 18.6 Å². The minimum absolute atomic E-state index is 0. The summed E-state index contributed by atoms with van der Waals surface area (Å²) in [6.07, 6.45) is 6.79. The predicted molar refractivity (Wildman–Crippen MR) is 87.9 cm³/mol. The highest BCUT2D eigenvalue weighted by molar-refractivity contribution is 7.85. The van der Waals surface area contributed by atoms with Gasteiger partial charge >= 0.3 is 10.1 Å². The van der Waals surface area contributed by atoms with E-state index in [1.165, 1.54) is 10.1 Å². The Labute approximate surface area is 137 Å². The van der Waals surface area contributed by atoms with Crippen molar-refractivity contribution in [2.24, 2.45) is 0 Å². The number of aromatic nitrogens is 1. The van der Waals surface area contributed by atoms with Crippen LogP contribution in [0.3, 0.4) is 0 Å². The fraction of sp³-hybridized carbons (Fsp3) is 0.353. The van der Waals surface area contributed by atoms with Crippen LogP contribution in [0.15, 0.2) is 54.9 Å². The van der Waals surface area contributed by atoms with E-state index in [0.717, 1.165) is 24.8 Å². The number of hydrogen-bond donors (Lipinski definition) is 1. The van der Waals surface area contributed by atoms with Crippen molar-refractivity contribution in [3.8, 4) is 0 Å². The van der Waals surface area contributed by atoms with Crippen molar-refractivity contribution in [3.05, 3.63) is 66.0 Å². The van der Waals surface area contributed by atoms with Crippen LogP contribution in [0, 0.1) is 0 Å². The van der Waals surface area contributed by atoms with Crippen LogP contribution < -0.4 is 4.57 Å². The van der Waals surface area contributed by atoms with Crippen molar-refractivity contribution < 1.29 is 23.0 Å². The minimum Gasteiger partial charge on any atom is -0.870 e. The zero-order valence-corrected chi connectivity index (χ0v) is 14.0. The van der Waals surface area contributed by atoms with Crippen LogP contribution in [-0.2, 0) is 23.0 Å². The first-order valence-electron chi connectivity index (χ1n) is 7.50. The van der Waals surface area contributed by atoms with Crippen molar-refractivity contribution in [3.63, 3.8) is 0 Å². The molecule has 23 heavy (non-hydrogen) atoms. The van der Waals surface area contributed by atoms with Gasteiger partial charge in [-0.25, -0.2) is 0 Å². The Morgan fingerprint density at radius 3 is 2.00 bits per heavy atom. The van der Waals surface area contributed by atoms with Crippen LogP contribution >= 0.6 is 0 Å². The summed E-state index contributed by atoms with van der Waals surface area (Å²) >= 11 is 0. The number of aryl methyl sites for hydroxylation is 2. The minimum atomic E-state index is -4.07. The number of benzene rings is 1. The molecule has 0 spiro atoms. The third-order valence-electron chi connectivity index (χ3n) is 3.72. The van der Waals surface area contributed by atoms with Crippen LogP contribution in [0.5, 0.6) is 0 Å². The molecular formula is C17H23NO4S. The molecule has 126 valence electrons. The highest BCUT2D eigenvalue weighted by Crippen LogP contribution is 2.11. The van der Waals surface area contributed by atoms with E-state index in [4.69, 9.17) is 0 Å². The largest absolute Gasteiger partial charge is 0.870 e. The van der Waals surface area contributed by atoms with Gasteiger partial charge in [-0.3, -0.25) is 4.55 Å². The zero-order valence-electron chi connectivity index (χ0n) is 13.2. The summed E-state index contributed by atoms with van der Waals surface area (Å²) in [5, 5.41) is -0.911. The average molecular weight is 337 g/mol. The molecule has 2 aromatic rings. The molecule has 0 bridgehead atoms. The molecular weight excluding hydrogens is 314 g/mol. The molecule has 0 saturated heterocycles. The van der Waals surface area contributed by atoms with Gasteiger partial charge in [0.05, 0.1) is 0 Å². The Balaban J connectivity index is 0.00000264. The number of rotatable bonds is 7. The molecule has 2 N–H and O–H groups in total. The Kier molecular flexibility index (Phi) is 7.35. The quantitative estimate of drug-likeness (QED) is 0.621. The smallest absolute Gasteiger partial charge is 0.329 e. The van der Waals surface area contributed by atoms with Gasteiger partial charge in [0.15, 0.2) is 12.4 Å². The summed E-state index contributed by atoms with van der Waals surface area (Å²) in [5.41, 5.74) is 2.49. The molecule has 1 aromatic carbocycles. The second-order valence-corrected chi connectivity index (χ2v) is 6.94. The van der Waals surface area contributed by atoms with Gasteiger partial charge in [-0.05, 0) is 30.4 Å². The van der Waals surface area contributed by atoms with Crippen molar-refractivity contribution in [1.29, 1.82) is 0 Å². The normalized spacial score (nSPS) is 12.4. The summed E-state index contributed by atoms with van der Waals surface area (Å²) in [6.45, 7) is 1.74. The lowest BCUT2D eigenvalue weighted by atomic mass is 10.1. The Morgan fingerprint density at radius 2 is 1.52 bits per heavy atom. The second kappa shape index (κ2) is 8.76. The summed E-state index contributed by atoms with van der Waals surface area (Å²) < 4.78 is 33.4. The van der Waals surface area contributed by atoms with E-state index in [1.807, 2.05) is 30.3 Å². The second-order valence-electron chi connectivity index (χ2n) is 5.37. The van der Waals surface area contributed by atoms with E-state index in [2.05, 4.69) is 12.1 Å². The van der Waals surface area contributed by atoms with Gasteiger partial charge in [-0.2, -0.15) is 13.0 Å². The van der Waals surface area contributed by atoms with Crippen LogP contribution in [-0.4, -0.2) is 18.4 Å². The van der Waals surface area contributed by atoms with Crippen LogP contribution in [0.2, 0.25) is 0 Å². The van der Waals surface area contributed by atoms with E-state index in [1.54, 1.807) is 19.3 Å². The van der Waals surface area contributed by atoms with Crippen molar-refractivity contribution in [2.75, 3.05) is 0 Å². The third-order valence-corrected chi connectivity index (χ3v) is 4.99. The Hall–Kier alpha value is -1.76. The summed E-state index contributed by atoms with van der Waals surface area (Å²) in [7, 11) is -4.07. The first-order chi connectivity index (χ1) is 10.5. The Morgan fingerprint density at radius 1 is 1.00 bits per heavy atom. The average Bonchev–Trinajstić information content (AvgIpc) is 2.49. The fourth-order valence-electron chi connectivity index (χ4n) is 2.54.